The second-order valence-corrected chi connectivity index (χ2v) is 14.7. The Kier molecular flexibility index (Phi) is 10.7. The lowest BCUT2D eigenvalue weighted by molar-refractivity contribution is -0.303. The van der Waals surface area contributed by atoms with E-state index >= 15 is 0 Å². The summed E-state index contributed by atoms with van der Waals surface area (Å²) in [5.41, 5.74) is -3.62. The van der Waals surface area contributed by atoms with E-state index in [1.165, 1.54) is 19.1 Å². The number of ketones is 2. The Morgan fingerprint density at radius 1 is 0.827 bits per heavy atom. The predicted molar refractivity (Wildman–Crippen MR) is 178 cm³/mol. The molecule has 7 N–H and O–H groups in total. The molecule has 3 heterocycles. The highest BCUT2D eigenvalue weighted by Gasteiger charge is 2.44. The van der Waals surface area contributed by atoms with E-state index < -0.39 is 113 Å². The molecule has 0 aromatic heterocycles. The highest BCUT2D eigenvalue weighted by Crippen LogP contribution is 2.46. The molecule has 0 bridgehead atoms. The summed E-state index contributed by atoms with van der Waals surface area (Å²) in [6.45, 7) is 6.58. The maximum atomic E-state index is 13.8. The molecule has 2 aromatic rings. The number of aliphatic hydroxyl groups excluding tert-OH is 2. The summed E-state index contributed by atoms with van der Waals surface area (Å²) in [4.78, 5) is 38.6. The van der Waals surface area contributed by atoms with Gasteiger partial charge in [-0.3, -0.25) is 14.4 Å². The van der Waals surface area contributed by atoms with Crippen LogP contribution in [0.3, 0.4) is 0 Å². The third-order valence-corrected chi connectivity index (χ3v) is 10.4. The van der Waals surface area contributed by atoms with E-state index in [1.54, 1.807) is 13.8 Å². The number of phenolic OH excluding ortho intramolecular Hbond substituents is 3. The van der Waals surface area contributed by atoms with Crippen molar-refractivity contribution in [2.45, 2.75) is 140 Å². The molecular weight excluding hydrogens is 684 g/mol. The van der Waals surface area contributed by atoms with Crippen molar-refractivity contribution >= 4 is 17.5 Å². The minimum Gasteiger partial charge on any atom is -0.507 e. The zero-order chi connectivity index (χ0) is 37.8. The topological polar surface area (TPSA) is 239 Å². The second-order valence-electron chi connectivity index (χ2n) is 14.7. The Hall–Kier alpha value is -3.67. The zero-order valence-corrected chi connectivity index (χ0v) is 29.4. The van der Waals surface area contributed by atoms with Gasteiger partial charge in [0, 0.05) is 42.4 Å². The number of phenols is 3. The third kappa shape index (κ3) is 7.41. The van der Waals surface area contributed by atoms with Crippen molar-refractivity contribution < 1.29 is 73.8 Å². The highest BCUT2D eigenvalue weighted by molar-refractivity contribution is 6.31. The monoisotopic (exact) mass is 730 g/mol. The van der Waals surface area contributed by atoms with Crippen LogP contribution >= 0.6 is 0 Å². The molecule has 2 aromatic carbocycles. The lowest BCUT2D eigenvalue weighted by Crippen LogP contribution is -2.50. The van der Waals surface area contributed by atoms with Crippen LogP contribution in [0, 0.1) is 0 Å². The lowest BCUT2D eigenvalue weighted by atomic mass is 9.79. The molecule has 4 aliphatic rings. The summed E-state index contributed by atoms with van der Waals surface area (Å²) in [6, 6.07) is 3.65. The fourth-order valence-corrected chi connectivity index (χ4v) is 7.72. The van der Waals surface area contributed by atoms with E-state index in [4.69, 9.17) is 28.8 Å². The van der Waals surface area contributed by atoms with Crippen LogP contribution in [0.5, 0.6) is 17.2 Å². The average molecular weight is 731 g/mol. The molecule has 0 unspecified atom stereocenters. The normalized spacial score (nSPS) is 33.2. The summed E-state index contributed by atoms with van der Waals surface area (Å²) in [5.74, 6) is -5.11. The van der Waals surface area contributed by atoms with E-state index in [9.17, 15) is 45.0 Å². The number of hydrogen-bond donors (Lipinski definition) is 7. The summed E-state index contributed by atoms with van der Waals surface area (Å²) in [5, 5.41) is 74.1. The first-order valence-electron chi connectivity index (χ1n) is 17.6. The van der Waals surface area contributed by atoms with E-state index in [2.05, 4.69) is 0 Å². The van der Waals surface area contributed by atoms with Crippen molar-refractivity contribution in [3.63, 3.8) is 0 Å². The summed E-state index contributed by atoms with van der Waals surface area (Å²) in [7, 11) is 0. The molecule has 3 saturated heterocycles. The number of benzene rings is 2. The molecular formula is C37H46O15. The number of carboxylic acid groups (broad SMARTS) is 1. The molecule has 3 fully saturated rings. The van der Waals surface area contributed by atoms with Crippen LogP contribution in [0.4, 0.5) is 0 Å². The Bertz CT molecular complexity index is 1710. The van der Waals surface area contributed by atoms with Crippen LogP contribution < -0.4 is 0 Å². The Morgan fingerprint density at radius 3 is 2.15 bits per heavy atom. The molecule has 0 radical (unpaired) electrons. The number of carbonyl (C=O) groups is 3. The fraction of sp³-hybridized carbons (Fsp3) is 0.595. The zero-order valence-electron chi connectivity index (χ0n) is 29.4. The highest BCUT2D eigenvalue weighted by atomic mass is 16.7. The van der Waals surface area contributed by atoms with E-state index in [-0.39, 0.29) is 41.4 Å². The maximum absolute atomic E-state index is 13.8. The fourth-order valence-electron chi connectivity index (χ4n) is 7.72. The maximum Gasteiger partial charge on any atom is 0.306 e. The smallest absolute Gasteiger partial charge is 0.306 e. The molecule has 15 heteroatoms. The number of ether oxygens (including phenoxy) is 5. The van der Waals surface area contributed by atoms with Crippen LogP contribution in [-0.4, -0.2) is 114 Å². The first kappa shape index (κ1) is 38.1. The molecule has 0 saturated carbocycles. The number of carbonyl (C=O) groups excluding carboxylic acids is 2. The van der Waals surface area contributed by atoms with Gasteiger partial charge in [-0.1, -0.05) is 6.07 Å². The Balaban J connectivity index is 1.14. The largest absolute Gasteiger partial charge is 0.507 e. The predicted octanol–water partition coefficient (Wildman–Crippen LogP) is 2.74. The third-order valence-electron chi connectivity index (χ3n) is 10.4. The minimum absolute atomic E-state index is 0.0389. The summed E-state index contributed by atoms with van der Waals surface area (Å²) < 4.78 is 30.4. The number of fused-ring (bicyclic) bond motifs is 2. The van der Waals surface area contributed by atoms with Crippen molar-refractivity contribution in [3.8, 4) is 17.2 Å². The molecule has 0 amide bonds. The van der Waals surface area contributed by atoms with Crippen molar-refractivity contribution in [3.05, 3.63) is 51.6 Å². The van der Waals surface area contributed by atoms with E-state index in [1.807, 2.05) is 6.92 Å². The van der Waals surface area contributed by atoms with Crippen molar-refractivity contribution in [2.24, 2.45) is 0 Å². The van der Waals surface area contributed by atoms with Gasteiger partial charge < -0.3 is 59.4 Å². The molecule has 0 spiro atoms. The van der Waals surface area contributed by atoms with Gasteiger partial charge in [-0.15, -0.1) is 0 Å². The Labute approximate surface area is 299 Å². The van der Waals surface area contributed by atoms with Gasteiger partial charge in [0.1, 0.15) is 23.4 Å². The molecule has 6 rings (SSSR count). The molecule has 284 valence electrons. The first-order chi connectivity index (χ1) is 24.5. The number of aliphatic carboxylic acids is 1. The van der Waals surface area contributed by atoms with Crippen LogP contribution in [-0.2, 0) is 34.9 Å². The SMILES string of the molecule is C[C@@H]1O[C@@H](O[C@H]2[C@H](O)C[C@H](c3ccc4c(c3O)C(=O)c3c(O)cc(C[C@@](C)(O)CC(=O)O)c(O)c3C4=O)O[C@@H]2C)CC[C@@H]1O[C@H]1CC[C@H](O)[C@H](C)O1. The second kappa shape index (κ2) is 14.6. The van der Waals surface area contributed by atoms with Crippen LogP contribution in [0.15, 0.2) is 18.2 Å². The molecule has 15 nitrogen and oxygen atoms in total. The molecule has 3 aliphatic heterocycles. The van der Waals surface area contributed by atoms with Gasteiger partial charge in [0.25, 0.3) is 0 Å². The van der Waals surface area contributed by atoms with Crippen LogP contribution in [0.1, 0.15) is 115 Å². The van der Waals surface area contributed by atoms with Gasteiger partial charge >= 0.3 is 5.97 Å². The standard InChI is InChI=1S/C37H46O15/c1-15-21(38)7-9-27(49-15)51-24-8-10-28(50-16(24)2)52-36-17(3)48-25(12-23(36)40)19-5-6-20-29(33(19)44)35(46)30-22(39)11-18(32(43)31(30)34(20)45)13-37(4,47)14-26(41)42/h5-6,11,15-17,21,23-25,27-28,36,38-40,43-44,47H,7-10,12-14H2,1-4H3,(H,41,42)/t15-,16-,17+,21-,23+,24-,25+,27-,28-,36+,37+/m0/s1. The van der Waals surface area contributed by atoms with Gasteiger partial charge in [0.2, 0.25) is 5.78 Å². The molecule has 52 heavy (non-hydrogen) atoms. The lowest BCUT2D eigenvalue weighted by Gasteiger charge is -2.43. The Morgan fingerprint density at radius 2 is 1.50 bits per heavy atom. The minimum atomic E-state index is -1.85. The average Bonchev–Trinajstić information content (AvgIpc) is 3.05. The number of aliphatic hydroxyl groups is 3. The van der Waals surface area contributed by atoms with E-state index in [0.29, 0.717) is 25.7 Å². The van der Waals surface area contributed by atoms with Crippen LogP contribution in [0.2, 0.25) is 0 Å². The van der Waals surface area contributed by atoms with Gasteiger partial charge in [0.15, 0.2) is 18.4 Å². The number of carboxylic acids is 1. The quantitative estimate of drug-likeness (QED) is 0.157. The van der Waals surface area contributed by atoms with Crippen LogP contribution in [0.25, 0.3) is 0 Å². The van der Waals surface area contributed by atoms with Gasteiger partial charge in [-0.2, -0.15) is 0 Å². The number of aromatic hydroxyl groups is 3. The van der Waals surface area contributed by atoms with Gasteiger partial charge in [0.05, 0.1) is 71.4 Å². The van der Waals surface area contributed by atoms with Gasteiger partial charge in [-0.05, 0) is 52.7 Å². The van der Waals surface area contributed by atoms with Gasteiger partial charge in [-0.25, -0.2) is 0 Å². The number of rotatable bonds is 9. The van der Waals surface area contributed by atoms with Crippen molar-refractivity contribution in [1.82, 2.24) is 0 Å². The number of hydrogen-bond acceptors (Lipinski definition) is 14. The molecule has 11 atom stereocenters. The van der Waals surface area contributed by atoms with Crippen molar-refractivity contribution in [1.29, 1.82) is 0 Å². The summed E-state index contributed by atoms with van der Waals surface area (Å²) >= 11 is 0. The molecule has 1 aliphatic carbocycles. The van der Waals surface area contributed by atoms with E-state index in [0.717, 1.165) is 6.07 Å². The summed E-state index contributed by atoms with van der Waals surface area (Å²) in [6.07, 6.45) is -4.92. The first-order valence-corrected chi connectivity index (χ1v) is 17.6. The van der Waals surface area contributed by atoms with Crippen molar-refractivity contribution in [2.75, 3.05) is 0 Å².